The standard InChI is InChI=1S/C8H16N4O/c1-12(2)4-3-11-7(6-9)5-8(10)13/h7,11H,3-5H2,1-2H3,(H2,10,13). The van der Waals surface area contributed by atoms with Crippen LogP contribution in [0.2, 0.25) is 0 Å². The number of primary amides is 1. The Labute approximate surface area is 78.5 Å². The Kier molecular flexibility index (Phi) is 5.85. The molecule has 0 aromatic carbocycles. The minimum absolute atomic E-state index is 0.0733. The number of likely N-dealkylation sites (N-methyl/N-ethyl adjacent to an activating group) is 1. The van der Waals surface area contributed by atoms with E-state index in [0.29, 0.717) is 6.54 Å². The maximum Gasteiger partial charge on any atom is 0.220 e. The van der Waals surface area contributed by atoms with Crippen molar-refractivity contribution in [2.45, 2.75) is 12.5 Å². The van der Waals surface area contributed by atoms with Crippen LogP contribution < -0.4 is 11.1 Å². The summed E-state index contributed by atoms with van der Waals surface area (Å²) in [6.45, 7) is 1.51. The third-order valence-electron chi connectivity index (χ3n) is 1.51. The summed E-state index contributed by atoms with van der Waals surface area (Å²) >= 11 is 0. The fraction of sp³-hybridized carbons (Fsp3) is 0.750. The van der Waals surface area contributed by atoms with Crippen molar-refractivity contribution in [2.24, 2.45) is 5.73 Å². The number of nitriles is 1. The highest BCUT2D eigenvalue weighted by Crippen LogP contribution is 1.88. The summed E-state index contributed by atoms with van der Waals surface area (Å²) in [4.78, 5) is 12.5. The third kappa shape index (κ3) is 7.25. The molecule has 0 aliphatic carbocycles. The molecule has 74 valence electrons. The molecule has 0 fully saturated rings. The maximum atomic E-state index is 10.5. The van der Waals surface area contributed by atoms with Crippen LogP contribution in [0.15, 0.2) is 0 Å². The number of nitrogens with zero attached hydrogens (tertiary/aromatic N) is 2. The fourth-order valence-corrected chi connectivity index (χ4v) is 0.827. The largest absolute Gasteiger partial charge is 0.370 e. The van der Waals surface area contributed by atoms with Gasteiger partial charge in [-0.25, -0.2) is 0 Å². The number of carbonyl (C=O) groups excluding carboxylic acids is 1. The van der Waals surface area contributed by atoms with E-state index in [1.54, 1.807) is 0 Å². The number of nitrogens with one attached hydrogen (secondary N) is 1. The zero-order valence-corrected chi connectivity index (χ0v) is 8.08. The molecule has 3 N–H and O–H groups in total. The molecule has 0 saturated carbocycles. The van der Waals surface area contributed by atoms with E-state index in [-0.39, 0.29) is 6.42 Å². The van der Waals surface area contributed by atoms with Crippen LogP contribution in [0.25, 0.3) is 0 Å². The summed E-state index contributed by atoms with van der Waals surface area (Å²) < 4.78 is 0. The first-order valence-corrected chi connectivity index (χ1v) is 4.12. The summed E-state index contributed by atoms with van der Waals surface area (Å²) in [6.07, 6.45) is 0.0733. The Balaban J connectivity index is 3.62. The third-order valence-corrected chi connectivity index (χ3v) is 1.51. The molecule has 0 aromatic heterocycles. The molecule has 0 heterocycles. The first kappa shape index (κ1) is 11.9. The van der Waals surface area contributed by atoms with E-state index in [4.69, 9.17) is 11.0 Å². The molecule has 1 atom stereocenters. The van der Waals surface area contributed by atoms with E-state index in [0.717, 1.165) is 6.54 Å². The summed E-state index contributed by atoms with van der Waals surface area (Å²) in [6, 6.07) is 1.52. The highest BCUT2D eigenvalue weighted by atomic mass is 16.1. The lowest BCUT2D eigenvalue weighted by molar-refractivity contribution is -0.118. The van der Waals surface area contributed by atoms with Crippen molar-refractivity contribution in [1.82, 2.24) is 10.2 Å². The summed E-state index contributed by atoms with van der Waals surface area (Å²) in [5.74, 6) is -0.455. The van der Waals surface area contributed by atoms with Crippen LogP contribution in [-0.2, 0) is 4.79 Å². The molecular weight excluding hydrogens is 168 g/mol. The lowest BCUT2D eigenvalue weighted by atomic mass is 10.2. The Morgan fingerprint density at radius 2 is 2.31 bits per heavy atom. The van der Waals surface area contributed by atoms with Crippen molar-refractivity contribution >= 4 is 5.91 Å². The molecule has 1 unspecified atom stereocenters. The lowest BCUT2D eigenvalue weighted by Crippen LogP contribution is -2.36. The van der Waals surface area contributed by atoms with Gasteiger partial charge in [0, 0.05) is 13.1 Å². The van der Waals surface area contributed by atoms with Crippen molar-refractivity contribution in [3.63, 3.8) is 0 Å². The van der Waals surface area contributed by atoms with Crippen molar-refractivity contribution < 1.29 is 4.79 Å². The van der Waals surface area contributed by atoms with Crippen molar-refractivity contribution in [3.05, 3.63) is 0 Å². The van der Waals surface area contributed by atoms with E-state index >= 15 is 0 Å². The van der Waals surface area contributed by atoms with Crippen LogP contribution in [0.4, 0.5) is 0 Å². The number of hydrogen-bond donors (Lipinski definition) is 2. The molecule has 5 heteroatoms. The van der Waals surface area contributed by atoms with Gasteiger partial charge in [-0.05, 0) is 14.1 Å². The topological polar surface area (TPSA) is 82.2 Å². The van der Waals surface area contributed by atoms with Gasteiger partial charge in [0.05, 0.1) is 12.5 Å². The van der Waals surface area contributed by atoms with E-state index < -0.39 is 11.9 Å². The predicted molar refractivity (Wildman–Crippen MR) is 49.8 cm³/mol. The highest BCUT2D eigenvalue weighted by Gasteiger charge is 2.08. The summed E-state index contributed by atoms with van der Waals surface area (Å²) in [5.41, 5.74) is 4.96. The summed E-state index contributed by atoms with van der Waals surface area (Å²) in [5, 5.41) is 11.5. The number of carbonyl (C=O) groups is 1. The molecular formula is C8H16N4O. The highest BCUT2D eigenvalue weighted by molar-refractivity contribution is 5.74. The van der Waals surface area contributed by atoms with Crippen LogP contribution in [0.1, 0.15) is 6.42 Å². The molecule has 0 radical (unpaired) electrons. The number of rotatable bonds is 6. The number of amides is 1. The zero-order chi connectivity index (χ0) is 10.3. The van der Waals surface area contributed by atoms with Gasteiger partial charge >= 0.3 is 0 Å². The quantitative estimate of drug-likeness (QED) is 0.549. The van der Waals surface area contributed by atoms with Crippen molar-refractivity contribution in [1.29, 1.82) is 5.26 Å². The predicted octanol–water partition coefficient (Wildman–Crippen LogP) is -1.09. The van der Waals surface area contributed by atoms with Crippen LogP contribution in [0.3, 0.4) is 0 Å². The molecule has 5 nitrogen and oxygen atoms in total. The van der Waals surface area contributed by atoms with E-state index in [1.165, 1.54) is 0 Å². The van der Waals surface area contributed by atoms with E-state index in [2.05, 4.69) is 5.32 Å². The SMILES string of the molecule is CN(C)CCNC(C#N)CC(N)=O. The number of nitrogens with two attached hydrogens (primary N) is 1. The maximum absolute atomic E-state index is 10.5. The fourth-order valence-electron chi connectivity index (χ4n) is 0.827. The Morgan fingerprint density at radius 1 is 1.69 bits per heavy atom. The van der Waals surface area contributed by atoms with Gasteiger partial charge in [-0.2, -0.15) is 5.26 Å². The van der Waals surface area contributed by atoms with E-state index in [1.807, 2.05) is 25.1 Å². The van der Waals surface area contributed by atoms with Crippen LogP contribution in [0.5, 0.6) is 0 Å². The Bertz CT molecular complexity index is 197. The molecule has 0 bridgehead atoms. The first-order chi connectivity index (χ1) is 6.06. The van der Waals surface area contributed by atoms with E-state index in [9.17, 15) is 4.79 Å². The van der Waals surface area contributed by atoms with Gasteiger partial charge < -0.3 is 16.0 Å². The lowest BCUT2D eigenvalue weighted by Gasteiger charge is -2.12. The normalized spacial score (nSPS) is 12.5. The van der Waals surface area contributed by atoms with Crippen LogP contribution in [-0.4, -0.2) is 44.0 Å². The molecule has 0 spiro atoms. The number of hydrogen-bond acceptors (Lipinski definition) is 4. The Morgan fingerprint density at radius 3 is 2.69 bits per heavy atom. The Hall–Kier alpha value is -1.12. The van der Waals surface area contributed by atoms with Gasteiger partial charge in [0.2, 0.25) is 5.91 Å². The molecule has 13 heavy (non-hydrogen) atoms. The van der Waals surface area contributed by atoms with Gasteiger partial charge in [-0.1, -0.05) is 0 Å². The average Bonchev–Trinajstić information content (AvgIpc) is 2.01. The summed E-state index contributed by atoms with van der Waals surface area (Å²) in [7, 11) is 3.88. The van der Waals surface area contributed by atoms with Crippen LogP contribution >= 0.6 is 0 Å². The minimum Gasteiger partial charge on any atom is -0.370 e. The van der Waals surface area contributed by atoms with Crippen molar-refractivity contribution in [2.75, 3.05) is 27.2 Å². The first-order valence-electron chi connectivity index (χ1n) is 4.12. The average molecular weight is 184 g/mol. The second-order valence-electron chi connectivity index (χ2n) is 3.11. The second-order valence-corrected chi connectivity index (χ2v) is 3.11. The smallest absolute Gasteiger partial charge is 0.220 e. The van der Waals surface area contributed by atoms with Crippen molar-refractivity contribution in [3.8, 4) is 6.07 Å². The van der Waals surface area contributed by atoms with Gasteiger partial charge in [-0.15, -0.1) is 0 Å². The van der Waals surface area contributed by atoms with Gasteiger partial charge in [-0.3, -0.25) is 4.79 Å². The molecule has 1 amide bonds. The van der Waals surface area contributed by atoms with Crippen LogP contribution in [0, 0.1) is 11.3 Å². The van der Waals surface area contributed by atoms with Gasteiger partial charge in [0.1, 0.15) is 6.04 Å². The molecule has 0 aliphatic rings. The monoisotopic (exact) mass is 184 g/mol. The zero-order valence-electron chi connectivity index (χ0n) is 8.08. The molecule has 0 aromatic rings. The van der Waals surface area contributed by atoms with Gasteiger partial charge in [0.15, 0.2) is 0 Å². The van der Waals surface area contributed by atoms with Gasteiger partial charge in [0.25, 0.3) is 0 Å². The minimum atomic E-state index is -0.461. The second kappa shape index (κ2) is 6.40. The molecule has 0 aliphatic heterocycles. The molecule has 0 rings (SSSR count). The molecule has 0 saturated heterocycles.